The van der Waals surface area contributed by atoms with E-state index < -0.39 is 5.82 Å². The number of benzene rings is 2. The van der Waals surface area contributed by atoms with E-state index in [2.05, 4.69) is 27.1 Å². The quantitative estimate of drug-likeness (QED) is 0.209. The third kappa shape index (κ3) is 6.39. The lowest BCUT2D eigenvalue weighted by Crippen LogP contribution is -2.42. The molecule has 5 rings (SSSR count). The Morgan fingerprint density at radius 3 is 2.64 bits per heavy atom. The van der Waals surface area contributed by atoms with Gasteiger partial charge < -0.3 is 19.7 Å². The number of imidazole rings is 1. The number of methoxy groups -OCH3 is 1. The smallest absolute Gasteiger partial charge is 0.253 e. The van der Waals surface area contributed by atoms with Gasteiger partial charge in [-0.2, -0.15) is 0 Å². The van der Waals surface area contributed by atoms with Crippen molar-refractivity contribution in [2.24, 2.45) is 0 Å². The summed E-state index contributed by atoms with van der Waals surface area (Å²) in [6.45, 7) is 7.83. The molecule has 1 N–H and O–H groups in total. The lowest BCUT2D eigenvalue weighted by atomic mass is 9.91. The molecule has 4 aromatic rings. The Bertz CT molecular complexity index is 1540. The minimum absolute atomic E-state index is 0.0443. The summed E-state index contributed by atoms with van der Waals surface area (Å²) < 4.78 is 27.1. The summed E-state index contributed by atoms with van der Waals surface area (Å²) in [5.74, 6) is 0.246. The van der Waals surface area contributed by atoms with Crippen molar-refractivity contribution in [3.05, 3.63) is 71.9 Å². The Morgan fingerprint density at radius 1 is 1.14 bits per heavy atom. The number of aromatic nitrogens is 3. The summed E-state index contributed by atoms with van der Waals surface area (Å²) in [5, 5.41) is 3.32. The number of fused-ring (bicyclic) bond motifs is 1. The van der Waals surface area contributed by atoms with E-state index in [1.165, 1.54) is 32.4 Å². The van der Waals surface area contributed by atoms with Crippen LogP contribution in [0.1, 0.15) is 42.1 Å². The van der Waals surface area contributed by atoms with Crippen molar-refractivity contribution in [2.45, 2.75) is 39.2 Å². The first-order valence-corrected chi connectivity index (χ1v) is 14.5. The first-order valence-electron chi connectivity index (χ1n) is 14.5. The van der Waals surface area contributed by atoms with Gasteiger partial charge in [0.2, 0.25) is 0 Å². The zero-order valence-corrected chi connectivity index (χ0v) is 24.8. The van der Waals surface area contributed by atoms with Gasteiger partial charge in [-0.15, -0.1) is 0 Å². The van der Waals surface area contributed by atoms with E-state index >= 15 is 0 Å². The number of carbonyl (C=O) groups is 1. The highest BCUT2D eigenvalue weighted by Gasteiger charge is 2.23. The number of carbonyl (C=O) groups excluding carboxylic acids is 1. The Morgan fingerprint density at radius 2 is 1.95 bits per heavy atom. The van der Waals surface area contributed by atoms with Crippen LogP contribution in [0.5, 0.6) is 5.75 Å². The Kier molecular flexibility index (Phi) is 9.34. The van der Waals surface area contributed by atoms with Crippen molar-refractivity contribution in [1.29, 1.82) is 0 Å². The molecular formula is C32H39FN6O3. The van der Waals surface area contributed by atoms with Crippen molar-refractivity contribution in [3.8, 4) is 17.0 Å². The minimum Gasteiger partial charge on any atom is -0.494 e. The number of rotatable bonds is 13. The normalized spacial score (nSPS) is 13.4. The van der Waals surface area contributed by atoms with E-state index in [0.717, 1.165) is 36.1 Å². The molecule has 9 nitrogen and oxygen atoms in total. The van der Waals surface area contributed by atoms with Gasteiger partial charge in [-0.25, -0.2) is 14.4 Å². The maximum Gasteiger partial charge on any atom is 0.253 e. The second-order valence-corrected chi connectivity index (χ2v) is 10.7. The van der Waals surface area contributed by atoms with Gasteiger partial charge in [0.1, 0.15) is 0 Å². The van der Waals surface area contributed by atoms with Crippen LogP contribution >= 0.6 is 0 Å². The van der Waals surface area contributed by atoms with Crippen LogP contribution in [0.4, 0.5) is 15.9 Å². The highest BCUT2D eigenvalue weighted by molar-refractivity contribution is 5.96. The van der Waals surface area contributed by atoms with Gasteiger partial charge in [-0.05, 0) is 68.3 Å². The number of likely N-dealkylation sites (N-methyl/N-ethyl adjacent to an activating group) is 2. The molecule has 0 saturated heterocycles. The fraction of sp³-hybridized carbons (Fsp3) is 0.406. The van der Waals surface area contributed by atoms with E-state index in [-0.39, 0.29) is 11.7 Å². The molecule has 1 aliphatic rings. The van der Waals surface area contributed by atoms with Crippen molar-refractivity contribution < 1.29 is 18.7 Å². The predicted molar refractivity (Wildman–Crippen MR) is 162 cm³/mol. The molecule has 2 aromatic heterocycles. The van der Waals surface area contributed by atoms with Crippen molar-refractivity contribution in [3.63, 3.8) is 0 Å². The Hall–Kier alpha value is -4.02. The summed E-state index contributed by atoms with van der Waals surface area (Å²) in [6, 6.07) is 11.1. The second-order valence-electron chi connectivity index (χ2n) is 10.7. The molecule has 0 spiro atoms. The van der Waals surface area contributed by atoms with Crippen molar-refractivity contribution in [1.82, 2.24) is 24.2 Å². The largest absolute Gasteiger partial charge is 0.494 e. The van der Waals surface area contributed by atoms with E-state index in [1.807, 2.05) is 29.5 Å². The molecule has 10 heteroatoms. The molecule has 1 amide bonds. The van der Waals surface area contributed by atoms with Gasteiger partial charge in [0, 0.05) is 55.4 Å². The number of anilines is 2. The van der Waals surface area contributed by atoms with Crippen LogP contribution in [-0.4, -0.2) is 83.1 Å². The van der Waals surface area contributed by atoms with E-state index in [9.17, 15) is 9.18 Å². The first kappa shape index (κ1) is 29.5. The second kappa shape index (κ2) is 13.3. The Balaban J connectivity index is 1.20. The van der Waals surface area contributed by atoms with E-state index in [0.29, 0.717) is 42.4 Å². The number of ether oxygens (including phenoxy) is 2. The SMILES string of the molecule is CCN(CCOCCN(C)C(=O)c1ccc(Nc2nccn3c(-c4ccc(OC)c(F)c4)cnc23)cc1C)C1CCC1. The van der Waals surface area contributed by atoms with Gasteiger partial charge in [-0.3, -0.25) is 14.1 Å². The third-order valence-corrected chi connectivity index (χ3v) is 8.03. The van der Waals surface area contributed by atoms with Crippen LogP contribution in [0.2, 0.25) is 0 Å². The molecule has 2 heterocycles. The van der Waals surface area contributed by atoms with Crippen molar-refractivity contribution >= 4 is 23.1 Å². The lowest BCUT2D eigenvalue weighted by molar-refractivity contribution is 0.0534. The highest BCUT2D eigenvalue weighted by Crippen LogP contribution is 2.29. The molecule has 1 aliphatic carbocycles. The molecule has 0 bridgehead atoms. The van der Waals surface area contributed by atoms with Crippen LogP contribution in [-0.2, 0) is 4.74 Å². The number of amides is 1. The monoisotopic (exact) mass is 574 g/mol. The maximum absolute atomic E-state index is 14.3. The van der Waals surface area contributed by atoms with Gasteiger partial charge in [0.05, 0.1) is 32.2 Å². The molecule has 0 unspecified atom stereocenters. The molecule has 0 aliphatic heterocycles. The van der Waals surface area contributed by atoms with Crippen LogP contribution in [0.25, 0.3) is 16.9 Å². The fourth-order valence-corrected chi connectivity index (χ4v) is 5.31. The number of nitrogens with zero attached hydrogens (tertiary/aromatic N) is 5. The van der Waals surface area contributed by atoms with Crippen LogP contribution in [0.3, 0.4) is 0 Å². The molecule has 222 valence electrons. The topological polar surface area (TPSA) is 84.2 Å². The van der Waals surface area contributed by atoms with Gasteiger partial charge in [0.15, 0.2) is 23.0 Å². The zero-order valence-electron chi connectivity index (χ0n) is 24.8. The van der Waals surface area contributed by atoms with E-state index in [1.54, 1.807) is 42.7 Å². The van der Waals surface area contributed by atoms with Gasteiger partial charge in [-0.1, -0.05) is 13.3 Å². The average Bonchev–Trinajstić information content (AvgIpc) is 3.40. The summed E-state index contributed by atoms with van der Waals surface area (Å²) in [6.07, 6.45) is 9.05. The number of hydrogen-bond donors (Lipinski definition) is 1. The maximum atomic E-state index is 14.3. The van der Waals surface area contributed by atoms with Crippen molar-refractivity contribution in [2.75, 3.05) is 52.3 Å². The molecule has 0 radical (unpaired) electrons. The van der Waals surface area contributed by atoms with Crippen LogP contribution < -0.4 is 10.1 Å². The van der Waals surface area contributed by atoms with Gasteiger partial charge in [0.25, 0.3) is 5.91 Å². The summed E-state index contributed by atoms with van der Waals surface area (Å²) in [4.78, 5) is 26.3. The molecular weight excluding hydrogens is 535 g/mol. The highest BCUT2D eigenvalue weighted by atomic mass is 19.1. The number of hydrogen-bond acceptors (Lipinski definition) is 7. The number of halogens is 1. The van der Waals surface area contributed by atoms with Crippen LogP contribution in [0, 0.1) is 12.7 Å². The summed E-state index contributed by atoms with van der Waals surface area (Å²) >= 11 is 0. The van der Waals surface area contributed by atoms with Crippen LogP contribution in [0.15, 0.2) is 55.0 Å². The lowest BCUT2D eigenvalue weighted by Gasteiger charge is -2.36. The molecule has 42 heavy (non-hydrogen) atoms. The third-order valence-electron chi connectivity index (χ3n) is 8.03. The molecule has 0 atom stereocenters. The summed E-state index contributed by atoms with van der Waals surface area (Å²) in [7, 11) is 3.24. The minimum atomic E-state index is -0.442. The summed E-state index contributed by atoms with van der Waals surface area (Å²) in [5.41, 5.74) is 4.26. The Labute approximate surface area is 246 Å². The zero-order chi connectivity index (χ0) is 29.6. The molecule has 2 aromatic carbocycles. The number of aryl methyl sites for hydroxylation is 1. The predicted octanol–water partition coefficient (Wildman–Crippen LogP) is 5.56. The fourth-order valence-electron chi connectivity index (χ4n) is 5.31. The van der Waals surface area contributed by atoms with Gasteiger partial charge >= 0.3 is 0 Å². The average molecular weight is 575 g/mol. The molecule has 1 saturated carbocycles. The van der Waals surface area contributed by atoms with E-state index in [4.69, 9.17) is 9.47 Å². The first-order chi connectivity index (χ1) is 20.4. The standard InChI is InChI=1S/C32H39FN6O3/c1-5-38(25-7-6-8-25)16-18-42-17-15-37(3)32(40)26-11-10-24(19-22(26)2)36-30-31-35-21-28(39(31)14-13-34-30)23-9-12-29(41-4)27(33)20-23/h9-14,19-21,25H,5-8,15-18H2,1-4H3,(H,34,36). The number of nitrogens with one attached hydrogen (secondary N) is 1. The molecule has 1 fully saturated rings.